The van der Waals surface area contributed by atoms with Crippen molar-refractivity contribution < 1.29 is 19.1 Å². The summed E-state index contributed by atoms with van der Waals surface area (Å²) in [5.41, 5.74) is 0.886. The lowest BCUT2D eigenvalue weighted by atomic mass is 9.99. The Kier molecular flexibility index (Phi) is 7.73. The van der Waals surface area contributed by atoms with Crippen LogP contribution in [-0.2, 0) is 9.59 Å². The summed E-state index contributed by atoms with van der Waals surface area (Å²) in [6, 6.07) is 6.05. The van der Waals surface area contributed by atoms with Crippen molar-refractivity contribution in [2.75, 3.05) is 19.9 Å². The largest absolute Gasteiger partial charge is 0.454 e. The predicted molar refractivity (Wildman–Crippen MR) is 131 cm³/mol. The molecule has 0 spiro atoms. The number of amides is 2. The van der Waals surface area contributed by atoms with Gasteiger partial charge in [0.2, 0.25) is 12.7 Å². The number of thiocarbonyl (C=S) groups is 1. The predicted octanol–water partition coefficient (Wildman–Crippen LogP) is 4.97. The molecule has 4 rings (SSSR count). The first-order valence-electron chi connectivity index (χ1n) is 11.5. The second kappa shape index (κ2) is 10.7. The molecule has 0 saturated carbocycles. The Labute approximate surface area is 199 Å². The van der Waals surface area contributed by atoms with Gasteiger partial charge in [-0.25, -0.2) is 0 Å². The van der Waals surface area contributed by atoms with Crippen molar-refractivity contribution in [2.24, 2.45) is 0 Å². The third kappa shape index (κ3) is 5.29. The van der Waals surface area contributed by atoms with Gasteiger partial charge in [-0.05, 0) is 62.3 Å². The molecule has 32 heavy (non-hydrogen) atoms. The summed E-state index contributed by atoms with van der Waals surface area (Å²) in [7, 11) is 0. The minimum absolute atomic E-state index is 0.0483. The third-order valence-electron chi connectivity index (χ3n) is 6.26. The van der Waals surface area contributed by atoms with Crippen LogP contribution < -0.4 is 9.47 Å². The number of piperidine rings is 1. The van der Waals surface area contributed by atoms with Crippen LogP contribution in [0, 0.1) is 0 Å². The van der Waals surface area contributed by atoms with Crippen LogP contribution in [0.25, 0.3) is 6.08 Å². The van der Waals surface area contributed by atoms with Crippen LogP contribution in [0.1, 0.15) is 63.9 Å². The fourth-order valence-corrected chi connectivity index (χ4v) is 5.78. The van der Waals surface area contributed by atoms with Gasteiger partial charge in [-0.15, -0.1) is 0 Å². The van der Waals surface area contributed by atoms with Gasteiger partial charge in [-0.1, -0.05) is 43.4 Å². The number of likely N-dealkylation sites (tertiary alicyclic amines) is 1. The molecule has 1 aromatic rings. The van der Waals surface area contributed by atoms with Gasteiger partial charge in [-0.3, -0.25) is 14.5 Å². The molecular weight excluding hydrogens is 444 g/mol. The zero-order valence-electron chi connectivity index (χ0n) is 18.5. The smallest absolute Gasteiger partial charge is 0.266 e. The molecule has 0 aromatic heterocycles. The first-order chi connectivity index (χ1) is 15.6. The highest BCUT2D eigenvalue weighted by molar-refractivity contribution is 8.26. The van der Waals surface area contributed by atoms with Crippen LogP contribution in [-0.4, -0.2) is 51.9 Å². The van der Waals surface area contributed by atoms with Crippen molar-refractivity contribution in [2.45, 2.75) is 64.3 Å². The molecule has 6 nitrogen and oxygen atoms in total. The maximum Gasteiger partial charge on any atom is 0.266 e. The Morgan fingerprint density at radius 2 is 2.06 bits per heavy atom. The zero-order chi connectivity index (χ0) is 22.5. The van der Waals surface area contributed by atoms with Gasteiger partial charge >= 0.3 is 0 Å². The van der Waals surface area contributed by atoms with Gasteiger partial charge in [0.05, 0.1) is 4.91 Å². The quantitative estimate of drug-likeness (QED) is 0.301. The van der Waals surface area contributed by atoms with Crippen LogP contribution in [0.3, 0.4) is 0 Å². The number of rotatable bonds is 8. The normalized spacial score (nSPS) is 21.7. The molecule has 2 fully saturated rings. The monoisotopic (exact) mass is 474 g/mol. The summed E-state index contributed by atoms with van der Waals surface area (Å²) in [6.45, 7) is 3.89. The van der Waals surface area contributed by atoms with E-state index < -0.39 is 0 Å². The van der Waals surface area contributed by atoms with Gasteiger partial charge < -0.3 is 14.4 Å². The number of fused-ring (bicyclic) bond motifs is 1. The topological polar surface area (TPSA) is 59.1 Å². The Bertz CT molecular complexity index is 917. The molecule has 8 heteroatoms. The first kappa shape index (κ1) is 23.1. The van der Waals surface area contributed by atoms with E-state index in [2.05, 4.69) is 11.8 Å². The Balaban J connectivity index is 1.23. The maximum absolute atomic E-state index is 12.8. The van der Waals surface area contributed by atoms with E-state index in [9.17, 15) is 9.59 Å². The number of hydrogen-bond donors (Lipinski definition) is 0. The fraction of sp³-hybridized carbons (Fsp3) is 0.542. The number of carbonyl (C=O) groups excluding carboxylic acids is 2. The summed E-state index contributed by atoms with van der Waals surface area (Å²) in [6.07, 6.45) is 9.58. The Hall–Kier alpha value is -2.06. The van der Waals surface area contributed by atoms with E-state index in [1.165, 1.54) is 18.2 Å². The summed E-state index contributed by atoms with van der Waals surface area (Å²) >= 11 is 6.78. The fourth-order valence-electron chi connectivity index (χ4n) is 4.47. The second-order valence-corrected chi connectivity index (χ2v) is 10.1. The lowest BCUT2D eigenvalue weighted by Crippen LogP contribution is -2.43. The number of unbranched alkanes of at least 4 members (excludes halogenated alkanes) is 2. The molecule has 2 amide bonds. The highest BCUT2D eigenvalue weighted by atomic mass is 32.2. The molecule has 0 radical (unpaired) electrons. The summed E-state index contributed by atoms with van der Waals surface area (Å²) < 4.78 is 11.3. The van der Waals surface area contributed by atoms with E-state index >= 15 is 0 Å². The van der Waals surface area contributed by atoms with E-state index in [4.69, 9.17) is 21.7 Å². The van der Waals surface area contributed by atoms with Crippen LogP contribution in [0.5, 0.6) is 11.5 Å². The SMILES string of the molecule is CCC1CCCCN1C(=O)CCCCCN1C(=O)C(=Cc2ccc3c(c2)OCO3)SC1=S. The lowest BCUT2D eigenvalue weighted by Gasteiger charge is -2.35. The second-order valence-electron chi connectivity index (χ2n) is 8.40. The van der Waals surface area contributed by atoms with Gasteiger partial charge in [-0.2, -0.15) is 0 Å². The zero-order valence-corrected chi connectivity index (χ0v) is 20.1. The molecule has 3 aliphatic rings. The summed E-state index contributed by atoms with van der Waals surface area (Å²) in [5.74, 6) is 1.65. The number of benzene rings is 1. The van der Waals surface area contributed by atoms with E-state index in [0.29, 0.717) is 34.0 Å². The molecule has 1 unspecified atom stereocenters. The molecule has 3 heterocycles. The molecular formula is C24H30N2O4S2. The van der Waals surface area contributed by atoms with Gasteiger partial charge in [0, 0.05) is 25.6 Å². The average molecular weight is 475 g/mol. The maximum atomic E-state index is 12.8. The highest BCUT2D eigenvalue weighted by Gasteiger charge is 2.31. The number of hydrogen-bond acceptors (Lipinski definition) is 6. The van der Waals surface area contributed by atoms with Crippen molar-refractivity contribution in [3.8, 4) is 11.5 Å². The lowest BCUT2D eigenvalue weighted by molar-refractivity contribution is -0.135. The minimum Gasteiger partial charge on any atom is -0.454 e. The Morgan fingerprint density at radius 3 is 2.91 bits per heavy atom. The van der Waals surface area contributed by atoms with Crippen molar-refractivity contribution in [3.05, 3.63) is 28.7 Å². The molecule has 1 aromatic carbocycles. The third-order valence-corrected chi connectivity index (χ3v) is 7.64. The number of nitrogens with zero attached hydrogens (tertiary/aromatic N) is 2. The van der Waals surface area contributed by atoms with Gasteiger partial charge in [0.15, 0.2) is 11.5 Å². The van der Waals surface area contributed by atoms with Gasteiger partial charge in [0.25, 0.3) is 5.91 Å². The van der Waals surface area contributed by atoms with Crippen LogP contribution >= 0.6 is 24.0 Å². The number of thioether (sulfide) groups is 1. The van der Waals surface area contributed by atoms with E-state index in [-0.39, 0.29) is 18.6 Å². The summed E-state index contributed by atoms with van der Waals surface area (Å²) in [5, 5.41) is 0. The molecule has 0 N–H and O–H groups in total. The highest BCUT2D eigenvalue weighted by Crippen LogP contribution is 2.36. The van der Waals surface area contributed by atoms with Crippen molar-refractivity contribution in [1.29, 1.82) is 0 Å². The Morgan fingerprint density at radius 1 is 1.22 bits per heavy atom. The van der Waals surface area contributed by atoms with E-state index in [1.807, 2.05) is 24.3 Å². The summed E-state index contributed by atoms with van der Waals surface area (Å²) in [4.78, 5) is 29.8. The van der Waals surface area contributed by atoms with E-state index in [1.54, 1.807) is 4.90 Å². The van der Waals surface area contributed by atoms with Crippen LogP contribution in [0.4, 0.5) is 0 Å². The van der Waals surface area contributed by atoms with Crippen LogP contribution in [0.15, 0.2) is 23.1 Å². The van der Waals surface area contributed by atoms with Crippen LogP contribution in [0.2, 0.25) is 0 Å². The molecule has 172 valence electrons. The van der Waals surface area contributed by atoms with Crippen molar-refractivity contribution in [3.63, 3.8) is 0 Å². The number of ether oxygens (including phenoxy) is 2. The number of carbonyl (C=O) groups is 2. The molecule has 1 atom stereocenters. The standard InChI is InChI=1S/C24H30N2O4S2/c1-2-18-8-5-7-12-25(18)22(27)9-4-3-6-13-26-23(28)21(32-24(26)31)15-17-10-11-19-20(14-17)30-16-29-19/h10-11,14-15,18H,2-9,12-13,16H2,1H3. The molecule has 3 aliphatic heterocycles. The van der Waals surface area contributed by atoms with E-state index in [0.717, 1.165) is 56.4 Å². The van der Waals surface area contributed by atoms with Crippen molar-refractivity contribution >= 4 is 46.2 Å². The minimum atomic E-state index is -0.0483. The molecule has 0 aliphatic carbocycles. The first-order valence-corrected chi connectivity index (χ1v) is 12.7. The molecule has 0 bridgehead atoms. The average Bonchev–Trinajstić information content (AvgIpc) is 3.37. The van der Waals surface area contributed by atoms with Gasteiger partial charge in [0.1, 0.15) is 4.32 Å². The molecule has 2 saturated heterocycles. The van der Waals surface area contributed by atoms with Crippen molar-refractivity contribution in [1.82, 2.24) is 9.80 Å².